The van der Waals surface area contributed by atoms with Crippen molar-refractivity contribution in [1.82, 2.24) is 18.7 Å². The number of aliphatic carboxylic acids is 1. The molecule has 5 rings (SSSR count). The van der Waals surface area contributed by atoms with E-state index in [1.807, 2.05) is 49.6 Å². The topological polar surface area (TPSA) is 91.3 Å². The Hall–Kier alpha value is -4.33. The highest BCUT2D eigenvalue weighted by atomic mass is 16.5. The molecule has 1 atom stereocenters. The van der Waals surface area contributed by atoms with Crippen LogP contribution in [0.15, 0.2) is 71.7 Å². The van der Waals surface area contributed by atoms with Crippen LogP contribution in [-0.4, -0.2) is 36.9 Å². The fourth-order valence-corrected chi connectivity index (χ4v) is 4.90. The van der Waals surface area contributed by atoms with E-state index in [2.05, 4.69) is 28.6 Å². The lowest BCUT2D eigenvalue weighted by molar-refractivity contribution is -0.137. The van der Waals surface area contributed by atoms with E-state index in [1.54, 1.807) is 16.7 Å². The van der Waals surface area contributed by atoms with Crippen molar-refractivity contribution in [3.8, 4) is 5.88 Å². The standard InChI is InChI=1S/C27H26N4O4/c1-17-8-7-11-20-25(17)19(15-29(20)2)16-30-21-12-13-23(35-3)28-26(21)31(27(30)34)22(14-24(32)33)18-9-5-4-6-10-18/h4-13,15,22H,14,16H2,1-3H3,(H,32,33)/t22-/m1/s1. The lowest BCUT2D eigenvalue weighted by Gasteiger charge is -2.17. The molecule has 0 aliphatic rings. The molecule has 0 unspecified atom stereocenters. The van der Waals surface area contributed by atoms with Crippen molar-refractivity contribution < 1.29 is 14.6 Å². The van der Waals surface area contributed by atoms with Gasteiger partial charge in [0, 0.05) is 30.2 Å². The molecule has 0 saturated carbocycles. The Morgan fingerprint density at radius 3 is 2.54 bits per heavy atom. The number of pyridine rings is 1. The molecule has 0 amide bonds. The van der Waals surface area contributed by atoms with Crippen LogP contribution in [0.3, 0.4) is 0 Å². The number of aromatic nitrogens is 4. The first-order valence-corrected chi connectivity index (χ1v) is 11.3. The third-order valence-electron chi connectivity index (χ3n) is 6.49. The zero-order valence-corrected chi connectivity index (χ0v) is 19.8. The minimum Gasteiger partial charge on any atom is -0.481 e. The number of hydrogen-bond acceptors (Lipinski definition) is 4. The summed E-state index contributed by atoms with van der Waals surface area (Å²) in [7, 11) is 3.50. The van der Waals surface area contributed by atoms with Gasteiger partial charge in [0.2, 0.25) is 5.88 Å². The summed E-state index contributed by atoms with van der Waals surface area (Å²) in [6.07, 6.45) is 1.78. The van der Waals surface area contributed by atoms with Crippen molar-refractivity contribution in [2.24, 2.45) is 7.05 Å². The molecule has 178 valence electrons. The zero-order valence-electron chi connectivity index (χ0n) is 19.8. The molecule has 0 saturated heterocycles. The van der Waals surface area contributed by atoms with Gasteiger partial charge in [-0.1, -0.05) is 42.5 Å². The van der Waals surface area contributed by atoms with Crippen LogP contribution in [0.1, 0.15) is 29.2 Å². The Morgan fingerprint density at radius 1 is 1.06 bits per heavy atom. The summed E-state index contributed by atoms with van der Waals surface area (Å²) >= 11 is 0. The van der Waals surface area contributed by atoms with E-state index < -0.39 is 12.0 Å². The van der Waals surface area contributed by atoms with E-state index in [-0.39, 0.29) is 12.1 Å². The highest BCUT2D eigenvalue weighted by Gasteiger charge is 2.26. The lowest BCUT2D eigenvalue weighted by Crippen LogP contribution is -2.29. The van der Waals surface area contributed by atoms with Crippen LogP contribution in [0.4, 0.5) is 0 Å². The molecular weight excluding hydrogens is 444 g/mol. The minimum absolute atomic E-state index is 0.255. The van der Waals surface area contributed by atoms with Gasteiger partial charge < -0.3 is 14.4 Å². The number of nitrogens with zero attached hydrogens (tertiary/aromatic N) is 4. The number of carbonyl (C=O) groups is 1. The predicted molar refractivity (Wildman–Crippen MR) is 134 cm³/mol. The van der Waals surface area contributed by atoms with Gasteiger partial charge in [0.25, 0.3) is 0 Å². The molecule has 3 aromatic heterocycles. The monoisotopic (exact) mass is 470 g/mol. The number of aryl methyl sites for hydroxylation is 2. The SMILES string of the molecule is COc1ccc2c(n1)n([C@H](CC(=O)O)c1ccccc1)c(=O)n2Cc1cn(C)c2cccc(C)c12. The maximum Gasteiger partial charge on any atom is 0.331 e. The van der Waals surface area contributed by atoms with Gasteiger partial charge in [0.05, 0.1) is 31.6 Å². The third-order valence-corrected chi connectivity index (χ3v) is 6.49. The van der Waals surface area contributed by atoms with Crippen LogP contribution in [0.25, 0.3) is 22.1 Å². The number of carboxylic acid groups (broad SMARTS) is 1. The van der Waals surface area contributed by atoms with Crippen LogP contribution in [0.5, 0.6) is 5.88 Å². The molecule has 0 radical (unpaired) electrons. The first-order valence-electron chi connectivity index (χ1n) is 11.3. The number of rotatable bonds is 7. The van der Waals surface area contributed by atoms with Crippen LogP contribution in [0.2, 0.25) is 0 Å². The minimum atomic E-state index is -1.00. The molecule has 8 nitrogen and oxygen atoms in total. The molecular formula is C27H26N4O4. The summed E-state index contributed by atoms with van der Waals surface area (Å²) in [6.45, 7) is 2.38. The molecule has 5 aromatic rings. The quantitative estimate of drug-likeness (QED) is 0.386. The van der Waals surface area contributed by atoms with Gasteiger partial charge in [-0.05, 0) is 35.7 Å². The maximum absolute atomic E-state index is 14.0. The van der Waals surface area contributed by atoms with Crippen molar-refractivity contribution in [3.05, 3.63) is 94.0 Å². The number of hydrogen-bond donors (Lipinski definition) is 1. The average molecular weight is 471 g/mol. The van der Waals surface area contributed by atoms with Gasteiger partial charge >= 0.3 is 11.7 Å². The fraction of sp³-hybridized carbons (Fsp3) is 0.222. The van der Waals surface area contributed by atoms with E-state index >= 15 is 0 Å². The number of imidazole rings is 1. The van der Waals surface area contributed by atoms with Gasteiger partial charge in [-0.25, -0.2) is 4.79 Å². The molecule has 8 heteroatoms. The molecule has 0 bridgehead atoms. The van der Waals surface area contributed by atoms with Crippen LogP contribution < -0.4 is 10.4 Å². The Balaban J connectivity index is 1.76. The third kappa shape index (κ3) is 3.86. The molecule has 2 aromatic carbocycles. The normalized spacial score (nSPS) is 12.3. The Kier molecular flexibility index (Phi) is 5.64. The van der Waals surface area contributed by atoms with E-state index in [4.69, 9.17) is 4.74 Å². The Labute approximate surface area is 201 Å². The summed E-state index contributed by atoms with van der Waals surface area (Å²) in [6, 6.07) is 18.1. The second-order valence-corrected chi connectivity index (χ2v) is 8.69. The highest BCUT2D eigenvalue weighted by molar-refractivity contribution is 5.87. The second-order valence-electron chi connectivity index (χ2n) is 8.69. The fourth-order valence-electron chi connectivity index (χ4n) is 4.90. The van der Waals surface area contributed by atoms with Gasteiger partial charge in [-0.15, -0.1) is 0 Å². The van der Waals surface area contributed by atoms with Gasteiger partial charge in [-0.2, -0.15) is 4.98 Å². The van der Waals surface area contributed by atoms with Crippen molar-refractivity contribution in [1.29, 1.82) is 0 Å². The van der Waals surface area contributed by atoms with E-state index in [0.29, 0.717) is 23.6 Å². The van der Waals surface area contributed by atoms with Crippen molar-refractivity contribution in [2.75, 3.05) is 7.11 Å². The number of fused-ring (bicyclic) bond motifs is 2. The summed E-state index contributed by atoms with van der Waals surface area (Å²) in [5, 5.41) is 10.8. The second kappa shape index (κ2) is 8.79. The largest absolute Gasteiger partial charge is 0.481 e. The summed E-state index contributed by atoms with van der Waals surface area (Å²) in [5.41, 5.74) is 4.64. The molecule has 0 fully saturated rings. The summed E-state index contributed by atoms with van der Waals surface area (Å²) < 4.78 is 10.5. The van der Waals surface area contributed by atoms with Crippen molar-refractivity contribution >= 4 is 28.0 Å². The first kappa shape index (κ1) is 22.5. The number of ether oxygens (including phenoxy) is 1. The molecule has 0 aliphatic heterocycles. The smallest absolute Gasteiger partial charge is 0.331 e. The highest BCUT2D eigenvalue weighted by Crippen LogP contribution is 2.29. The molecule has 1 N–H and O–H groups in total. The van der Waals surface area contributed by atoms with Crippen LogP contribution >= 0.6 is 0 Å². The average Bonchev–Trinajstić information content (AvgIpc) is 3.32. The predicted octanol–water partition coefficient (Wildman–Crippen LogP) is 4.12. The molecule has 0 aliphatic carbocycles. The number of carboxylic acids is 1. The summed E-state index contributed by atoms with van der Waals surface area (Å²) in [5.74, 6) is -0.647. The lowest BCUT2D eigenvalue weighted by atomic mass is 10.0. The van der Waals surface area contributed by atoms with Gasteiger partial charge in [0.1, 0.15) is 0 Å². The van der Waals surface area contributed by atoms with E-state index in [1.165, 1.54) is 11.7 Å². The van der Waals surface area contributed by atoms with E-state index in [0.717, 1.165) is 27.6 Å². The van der Waals surface area contributed by atoms with Crippen molar-refractivity contribution in [3.63, 3.8) is 0 Å². The summed E-state index contributed by atoms with van der Waals surface area (Å²) in [4.78, 5) is 30.4. The zero-order chi connectivity index (χ0) is 24.7. The molecule has 35 heavy (non-hydrogen) atoms. The van der Waals surface area contributed by atoms with Gasteiger partial charge in [0.15, 0.2) is 5.65 Å². The van der Waals surface area contributed by atoms with E-state index in [9.17, 15) is 14.7 Å². The number of methoxy groups -OCH3 is 1. The maximum atomic E-state index is 14.0. The van der Waals surface area contributed by atoms with Gasteiger partial charge in [-0.3, -0.25) is 13.9 Å². The first-order chi connectivity index (χ1) is 16.9. The Bertz CT molecular complexity index is 1610. The van der Waals surface area contributed by atoms with Crippen LogP contribution in [0, 0.1) is 6.92 Å². The Morgan fingerprint density at radius 2 is 1.83 bits per heavy atom. The molecule has 0 spiro atoms. The van der Waals surface area contributed by atoms with Crippen LogP contribution in [-0.2, 0) is 18.4 Å². The molecule has 3 heterocycles. The van der Waals surface area contributed by atoms with Crippen molar-refractivity contribution in [2.45, 2.75) is 25.9 Å². The number of benzene rings is 2.